The number of aromatic nitrogens is 4. The van der Waals surface area contributed by atoms with E-state index in [-0.39, 0.29) is 0 Å². The summed E-state index contributed by atoms with van der Waals surface area (Å²) in [5, 5.41) is 8.06. The highest BCUT2D eigenvalue weighted by molar-refractivity contribution is 9.10. The van der Waals surface area contributed by atoms with Gasteiger partial charge in [0.1, 0.15) is 23.5 Å². The summed E-state index contributed by atoms with van der Waals surface area (Å²) in [4.78, 5) is 11.9. The molecule has 0 saturated heterocycles. The first kappa shape index (κ1) is 16.4. The molecule has 5 aromatic rings. The number of halogens is 1. The van der Waals surface area contributed by atoms with Crippen LogP contribution >= 0.6 is 27.3 Å². The van der Waals surface area contributed by atoms with E-state index in [4.69, 9.17) is 9.72 Å². The van der Waals surface area contributed by atoms with Gasteiger partial charge in [-0.15, -0.1) is 16.4 Å². The van der Waals surface area contributed by atoms with Gasteiger partial charge in [0.2, 0.25) is 0 Å². The number of fused-ring (bicyclic) bond motifs is 6. The molecule has 0 spiro atoms. The highest BCUT2D eigenvalue weighted by atomic mass is 79.9. The Morgan fingerprint density at radius 2 is 2.00 bits per heavy atom. The van der Waals surface area contributed by atoms with Crippen LogP contribution in [0.15, 0.2) is 47.2 Å². The normalized spacial score (nSPS) is 13.6. The molecule has 1 aliphatic rings. The molecule has 0 radical (unpaired) electrons. The first-order chi connectivity index (χ1) is 13.7. The fraction of sp³-hybridized carbons (Fsp3) is 0.190. The van der Waals surface area contributed by atoms with Gasteiger partial charge in [0.15, 0.2) is 11.5 Å². The zero-order valence-corrected chi connectivity index (χ0v) is 17.3. The van der Waals surface area contributed by atoms with Crippen molar-refractivity contribution < 1.29 is 4.74 Å². The molecule has 2 aromatic carbocycles. The maximum atomic E-state index is 5.98. The van der Waals surface area contributed by atoms with Crippen LogP contribution in [0.4, 0.5) is 0 Å². The predicted molar refractivity (Wildman–Crippen MR) is 114 cm³/mol. The molecule has 0 unspecified atom stereocenters. The maximum absolute atomic E-state index is 5.98. The third-order valence-electron chi connectivity index (χ3n) is 5.23. The molecule has 5 nitrogen and oxygen atoms in total. The maximum Gasteiger partial charge on any atom is 0.189 e. The van der Waals surface area contributed by atoms with Crippen LogP contribution < -0.4 is 4.74 Å². The molecular weight excluding hydrogens is 436 g/mol. The fourth-order valence-electron chi connectivity index (χ4n) is 3.93. The second-order valence-corrected chi connectivity index (χ2v) is 9.02. The van der Waals surface area contributed by atoms with Gasteiger partial charge in [-0.2, -0.15) is 0 Å². The van der Waals surface area contributed by atoms with Crippen LogP contribution in [0.1, 0.15) is 22.7 Å². The first-order valence-corrected chi connectivity index (χ1v) is 10.8. The summed E-state index contributed by atoms with van der Waals surface area (Å²) in [6.45, 7) is 0.331. The van der Waals surface area contributed by atoms with E-state index in [1.165, 1.54) is 27.6 Å². The van der Waals surface area contributed by atoms with Crippen LogP contribution in [-0.2, 0) is 19.4 Å². The van der Waals surface area contributed by atoms with Crippen LogP contribution in [-0.4, -0.2) is 19.6 Å². The Kier molecular flexibility index (Phi) is 3.67. The minimum Gasteiger partial charge on any atom is -0.486 e. The summed E-state index contributed by atoms with van der Waals surface area (Å²) in [5.74, 6) is 1.48. The second-order valence-electron chi connectivity index (χ2n) is 7.02. The smallest absolute Gasteiger partial charge is 0.189 e. The van der Waals surface area contributed by atoms with Crippen LogP contribution in [0.2, 0.25) is 0 Å². The van der Waals surface area contributed by atoms with Gasteiger partial charge in [0.05, 0.1) is 5.39 Å². The zero-order valence-electron chi connectivity index (χ0n) is 14.9. The molecule has 138 valence electrons. The van der Waals surface area contributed by atoms with Crippen molar-refractivity contribution >= 4 is 53.9 Å². The van der Waals surface area contributed by atoms with Gasteiger partial charge in [-0.05, 0) is 59.9 Å². The van der Waals surface area contributed by atoms with Crippen LogP contribution in [0, 0.1) is 0 Å². The van der Waals surface area contributed by atoms with E-state index in [1.807, 2.05) is 18.2 Å². The van der Waals surface area contributed by atoms with Crippen molar-refractivity contribution in [3.63, 3.8) is 0 Å². The molecule has 0 atom stereocenters. The van der Waals surface area contributed by atoms with Crippen molar-refractivity contribution in [2.75, 3.05) is 0 Å². The summed E-state index contributed by atoms with van der Waals surface area (Å²) in [7, 11) is 0. The minimum absolute atomic E-state index is 0.331. The highest BCUT2D eigenvalue weighted by Crippen LogP contribution is 2.37. The molecule has 6 rings (SSSR count). The van der Waals surface area contributed by atoms with E-state index in [0.717, 1.165) is 38.9 Å². The third kappa shape index (κ3) is 2.61. The molecule has 3 aromatic heterocycles. The van der Waals surface area contributed by atoms with Crippen molar-refractivity contribution in [2.45, 2.75) is 25.9 Å². The molecule has 0 saturated carbocycles. The molecule has 0 fully saturated rings. The third-order valence-corrected chi connectivity index (χ3v) is 6.92. The Hall–Kier alpha value is -2.51. The van der Waals surface area contributed by atoms with E-state index < -0.39 is 0 Å². The van der Waals surface area contributed by atoms with Crippen molar-refractivity contribution in [3.05, 3.63) is 63.5 Å². The van der Waals surface area contributed by atoms with Gasteiger partial charge >= 0.3 is 0 Å². The van der Waals surface area contributed by atoms with Gasteiger partial charge in [-0.3, -0.25) is 0 Å². The van der Waals surface area contributed by atoms with Gasteiger partial charge in [0, 0.05) is 9.35 Å². The molecule has 0 N–H and O–H groups in total. The van der Waals surface area contributed by atoms with Crippen molar-refractivity contribution in [3.8, 4) is 5.75 Å². The van der Waals surface area contributed by atoms with Crippen molar-refractivity contribution in [1.82, 2.24) is 19.6 Å². The van der Waals surface area contributed by atoms with E-state index >= 15 is 0 Å². The number of aryl methyl sites for hydroxylation is 2. The summed E-state index contributed by atoms with van der Waals surface area (Å²) in [6, 6.07) is 12.3. The standard InChI is InChI=1S/C21H15BrN4OS/c22-14-6-4-13-9-15(7-5-12(13)8-14)27-10-18-24-20-19-16-2-1-3-17(16)28-21(19)23-11-26(20)25-18/h4-9,11H,1-3,10H2. The fourth-order valence-corrected chi connectivity index (χ4v) is 5.53. The Labute approximate surface area is 173 Å². The second kappa shape index (κ2) is 6.25. The molecular formula is C21H15BrN4OS. The molecule has 28 heavy (non-hydrogen) atoms. The largest absolute Gasteiger partial charge is 0.486 e. The average Bonchev–Trinajstić information content (AvgIpc) is 3.39. The average molecular weight is 451 g/mol. The Balaban J connectivity index is 1.33. The first-order valence-electron chi connectivity index (χ1n) is 9.21. The summed E-state index contributed by atoms with van der Waals surface area (Å²) >= 11 is 5.30. The van der Waals surface area contributed by atoms with Gasteiger partial charge in [0.25, 0.3) is 0 Å². The molecule has 0 amide bonds. The lowest BCUT2D eigenvalue weighted by Gasteiger charge is -2.05. The monoisotopic (exact) mass is 450 g/mol. The SMILES string of the molecule is Brc1ccc2cc(OCc3nc4c5c6c(sc5ncn4n3)CCC6)ccc2c1. The molecule has 7 heteroatoms. The van der Waals surface area contributed by atoms with Crippen LogP contribution in [0.3, 0.4) is 0 Å². The van der Waals surface area contributed by atoms with Crippen LogP contribution in [0.25, 0.3) is 26.6 Å². The summed E-state index contributed by atoms with van der Waals surface area (Å²) in [5.41, 5.74) is 2.31. The number of thiophene rings is 1. The van der Waals surface area contributed by atoms with E-state index in [0.29, 0.717) is 12.4 Å². The van der Waals surface area contributed by atoms with Crippen molar-refractivity contribution in [2.24, 2.45) is 0 Å². The highest BCUT2D eigenvalue weighted by Gasteiger charge is 2.21. The molecule has 0 aliphatic heterocycles. The van der Waals surface area contributed by atoms with Gasteiger partial charge < -0.3 is 4.74 Å². The Morgan fingerprint density at radius 1 is 1.11 bits per heavy atom. The van der Waals surface area contributed by atoms with Crippen LogP contribution in [0.5, 0.6) is 5.75 Å². The molecule has 1 aliphatic carbocycles. The van der Waals surface area contributed by atoms with E-state index in [9.17, 15) is 0 Å². The number of nitrogens with zero attached hydrogens (tertiary/aromatic N) is 4. The topological polar surface area (TPSA) is 52.3 Å². The number of rotatable bonds is 3. The van der Waals surface area contributed by atoms with E-state index in [2.05, 4.69) is 44.2 Å². The lowest BCUT2D eigenvalue weighted by atomic mass is 10.1. The number of hydrogen-bond acceptors (Lipinski definition) is 5. The molecule has 3 heterocycles. The predicted octanol–water partition coefficient (Wildman–Crippen LogP) is 5.32. The Bertz CT molecular complexity index is 1370. The lowest BCUT2D eigenvalue weighted by molar-refractivity contribution is 0.296. The quantitative estimate of drug-likeness (QED) is 0.373. The summed E-state index contributed by atoms with van der Waals surface area (Å²) < 4.78 is 8.83. The summed E-state index contributed by atoms with van der Waals surface area (Å²) in [6.07, 6.45) is 5.25. The van der Waals surface area contributed by atoms with Crippen molar-refractivity contribution in [1.29, 1.82) is 0 Å². The van der Waals surface area contributed by atoms with Gasteiger partial charge in [-0.1, -0.05) is 28.1 Å². The minimum atomic E-state index is 0.331. The number of ether oxygens (including phenoxy) is 1. The molecule has 0 bridgehead atoms. The van der Waals surface area contributed by atoms with Gasteiger partial charge in [-0.25, -0.2) is 14.5 Å². The Morgan fingerprint density at radius 3 is 2.96 bits per heavy atom. The number of hydrogen-bond donors (Lipinski definition) is 0. The lowest BCUT2D eigenvalue weighted by Crippen LogP contribution is -1.98. The number of benzene rings is 2. The van der Waals surface area contributed by atoms with E-state index in [1.54, 1.807) is 22.2 Å². The zero-order chi connectivity index (χ0) is 18.7.